The number of carbonyl (C=O) groups is 1. The van der Waals surface area contributed by atoms with Gasteiger partial charge in [-0.15, -0.1) is 0 Å². The molecule has 3 rings (SSSR count). The van der Waals surface area contributed by atoms with E-state index >= 15 is 0 Å². The molecule has 0 saturated carbocycles. The van der Waals surface area contributed by atoms with E-state index in [1.165, 1.54) is 6.20 Å². The lowest BCUT2D eigenvalue weighted by Crippen LogP contribution is -3.00. The van der Waals surface area contributed by atoms with Crippen LogP contribution in [0.4, 0.5) is 0 Å². The van der Waals surface area contributed by atoms with E-state index < -0.39 is 0 Å². The van der Waals surface area contributed by atoms with E-state index in [2.05, 4.69) is 0 Å². The fourth-order valence-corrected chi connectivity index (χ4v) is 2.34. The summed E-state index contributed by atoms with van der Waals surface area (Å²) in [5.41, 5.74) is 2.88. The van der Waals surface area contributed by atoms with Crippen molar-refractivity contribution < 1.29 is 31.4 Å². The number of benzene rings is 2. The van der Waals surface area contributed by atoms with Crippen LogP contribution in [0.15, 0.2) is 79.1 Å². The molecular weight excluding hydrogens is 354 g/mol. The lowest BCUT2D eigenvalue weighted by Gasteiger charge is -2.03. The monoisotopic (exact) mass is 369 g/mol. The summed E-state index contributed by atoms with van der Waals surface area (Å²) in [7, 11) is 0. The van der Waals surface area contributed by atoms with Gasteiger partial charge in [0.2, 0.25) is 18.5 Å². The Labute approximate surface area is 145 Å². The Morgan fingerprint density at radius 1 is 0.870 bits per heavy atom. The van der Waals surface area contributed by atoms with Crippen LogP contribution in [0, 0.1) is 0 Å². The first-order valence-corrected chi connectivity index (χ1v) is 7.09. The number of nitrogens with zero attached hydrogens (tertiary/aromatic N) is 1. The Bertz CT molecular complexity index is 786. The summed E-state index contributed by atoms with van der Waals surface area (Å²) in [6, 6.07) is 20.9. The minimum absolute atomic E-state index is 0. The van der Waals surface area contributed by atoms with Crippen molar-refractivity contribution in [2.24, 2.45) is 0 Å². The summed E-state index contributed by atoms with van der Waals surface area (Å²) in [5.74, 6) is 0.157. The minimum Gasteiger partial charge on any atom is -1.00 e. The van der Waals surface area contributed by atoms with Gasteiger partial charge in [0.05, 0.1) is 0 Å². The number of carbonyl (C=O) groups excluding carboxylic acids is 1. The Balaban J connectivity index is 0.00000192. The number of hydrogen-bond acceptors (Lipinski definition) is 2. The molecule has 3 nitrogen and oxygen atoms in total. The average Bonchev–Trinajstić information content (AvgIpc) is 2.56. The highest BCUT2D eigenvalue weighted by molar-refractivity contribution is 5.95. The van der Waals surface area contributed by atoms with E-state index in [0.29, 0.717) is 5.56 Å². The summed E-state index contributed by atoms with van der Waals surface area (Å²) in [6.45, 7) is 0.207. The quantitative estimate of drug-likeness (QED) is 0.528. The van der Waals surface area contributed by atoms with Crippen LogP contribution in [0.3, 0.4) is 0 Å². The zero-order chi connectivity index (χ0) is 15.4. The van der Waals surface area contributed by atoms with Gasteiger partial charge in [-0.25, -0.2) is 0 Å². The Kier molecular flexibility index (Phi) is 5.66. The Morgan fingerprint density at radius 3 is 2.17 bits per heavy atom. The van der Waals surface area contributed by atoms with Crippen molar-refractivity contribution >= 4 is 5.78 Å². The van der Waals surface area contributed by atoms with Gasteiger partial charge in [0.25, 0.3) is 0 Å². The summed E-state index contributed by atoms with van der Waals surface area (Å²) >= 11 is 0. The number of halogens is 1. The second kappa shape index (κ2) is 7.70. The number of pyridine rings is 1. The summed E-state index contributed by atoms with van der Waals surface area (Å²) < 4.78 is 1.67. The molecule has 0 radical (unpaired) electrons. The second-order valence-corrected chi connectivity index (χ2v) is 5.10. The van der Waals surface area contributed by atoms with E-state index in [4.69, 9.17) is 0 Å². The molecule has 0 saturated heterocycles. The lowest BCUT2D eigenvalue weighted by molar-refractivity contribution is -0.683. The van der Waals surface area contributed by atoms with E-state index in [9.17, 15) is 9.90 Å². The van der Waals surface area contributed by atoms with Crippen molar-refractivity contribution in [1.82, 2.24) is 0 Å². The molecule has 1 aromatic heterocycles. The zero-order valence-electron chi connectivity index (χ0n) is 12.4. The fourth-order valence-electron chi connectivity index (χ4n) is 2.34. The number of hydrogen-bond donors (Lipinski definition) is 1. The van der Waals surface area contributed by atoms with Crippen molar-refractivity contribution in [2.45, 2.75) is 6.54 Å². The normalized spacial score (nSPS) is 9.91. The first-order valence-electron chi connectivity index (χ1n) is 7.09. The molecule has 1 N–H and O–H groups in total. The summed E-state index contributed by atoms with van der Waals surface area (Å²) in [4.78, 5) is 12.3. The lowest BCUT2D eigenvalue weighted by atomic mass is 10.0. The summed E-state index contributed by atoms with van der Waals surface area (Å²) in [6.07, 6.45) is 3.30. The second-order valence-electron chi connectivity index (χ2n) is 5.10. The van der Waals surface area contributed by atoms with Crippen LogP contribution in [0.1, 0.15) is 10.4 Å². The predicted molar refractivity (Wildman–Crippen MR) is 84.5 cm³/mol. The molecule has 4 heteroatoms. The molecule has 0 aliphatic heterocycles. The molecule has 0 amide bonds. The molecule has 0 fully saturated rings. The van der Waals surface area contributed by atoms with Gasteiger partial charge >= 0.3 is 0 Å². The number of Topliss-reactive ketones (excluding diaryl/α,β-unsaturated/α-hetero) is 1. The van der Waals surface area contributed by atoms with Crippen molar-refractivity contribution in [3.8, 4) is 16.9 Å². The van der Waals surface area contributed by atoms with Gasteiger partial charge in [-0.3, -0.25) is 4.79 Å². The minimum atomic E-state index is 0. The number of ketones is 1. The smallest absolute Gasteiger partial charge is 0.227 e. The predicted octanol–water partition coefficient (Wildman–Crippen LogP) is 0.234. The Hall–Kier alpha value is -2.46. The fraction of sp³-hybridized carbons (Fsp3) is 0.0526. The van der Waals surface area contributed by atoms with Crippen molar-refractivity contribution in [2.75, 3.05) is 0 Å². The van der Waals surface area contributed by atoms with Gasteiger partial charge in [0.1, 0.15) is 0 Å². The van der Waals surface area contributed by atoms with Crippen LogP contribution in [0.5, 0.6) is 5.75 Å². The number of aromatic nitrogens is 1. The van der Waals surface area contributed by atoms with Gasteiger partial charge in [0, 0.05) is 11.6 Å². The van der Waals surface area contributed by atoms with Crippen LogP contribution in [-0.2, 0) is 6.54 Å². The van der Waals surface area contributed by atoms with Crippen LogP contribution >= 0.6 is 0 Å². The topological polar surface area (TPSA) is 41.2 Å². The van der Waals surface area contributed by atoms with Crippen LogP contribution in [0.2, 0.25) is 0 Å². The van der Waals surface area contributed by atoms with Crippen LogP contribution in [0.25, 0.3) is 11.1 Å². The molecule has 0 bridgehead atoms. The molecule has 0 spiro atoms. The molecule has 0 aliphatic carbocycles. The van der Waals surface area contributed by atoms with E-state index in [0.717, 1.165) is 11.1 Å². The number of aromatic hydroxyl groups is 1. The number of rotatable bonds is 4. The highest BCUT2D eigenvalue weighted by atomic mass is 79.9. The molecular formula is C19H16BrNO2. The van der Waals surface area contributed by atoms with Gasteiger partial charge in [-0.2, -0.15) is 4.57 Å². The van der Waals surface area contributed by atoms with E-state index in [-0.39, 0.29) is 35.1 Å². The van der Waals surface area contributed by atoms with E-state index in [1.54, 1.807) is 22.9 Å². The molecule has 2 aromatic carbocycles. The first kappa shape index (κ1) is 16.9. The maximum absolute atomic E-state index is 12.3. The van der Waals surface area contributed by atoms with Crippen molar-refractivity contribution in [1.29, 1.82) is 0 Å². The van der Waals surface area contributed by atoms with Crippen LogP contribution < -0.4 is 21.5 Å². The molecule has 0 unspecified atom stereocenters. The van der Waals surface area contributed by atoms with Gasteiger partial charge in [-0.05, 0) is 17.2 Å². The molecule has 0 atom stereocenters. The van der Waals surface area contributed by atoms with Gasteiger partial charge < -0.3 is 22.1 Å². The zero-order valence-corrected chi connectivity index (χ0v) is 14.0. The highest BCUT2D eigenvalue weighted by Crippen LogP contribution is 2.19. The maximum atomic E-state index is 12.3. The summed E-state index contributed by atoms with van der Waals surface area (Å²) in [5, 5.41) is 9.43. The SMILES string of the molecule is O=C(C[n+]1cccc(O)c1)c1ccc(-c2ccccc2)cc1.[Br-]. The third-order valence-electron chi connectivity index (χ3n) is 3.48. The van der Waals surface area contributed by atoms with E-state index in [1.807, 2.05) is 54.6 Å². The molecule has 3 aromatic rings. The molecule has 1 heterocycles. The van der Waals surface area contributed by atoms with Gasteiger partial charge in [-0.1, -0.05) is 54.6 Å². The van der Waals surface area contributed by atoms with Crippen LogP contribution in [-0.4, -0.2) is 10.9 Å². The Morgan fingerprint density at radius 2 is 1.52 bits per heavy atom. The molecule has 116 valence electrons. The standard InChI is InChI=1S/C19H15NO2.BrH/c21-18-7-4-12-20(13-18)14-19(22)17-10-8-16(9-11-17)15-5-2-1-3-6-15;/h1-13H,14H2;1H. The third-order valence-corrected chi connectivity index (χ3v) is 3.48. The van der Waals surface area contributed by atoms with Gasteiger partial charge in [0.15, 0.2) is 11.9 Å². The van der Waals surface area contributed by atoms with Crippen molar-refractivity contribution in [3.05, 3.63) is 84.7 Å². The maximum Gasteiger partial charge on any atom is 0.227 e. The molecule has 0 aliphatic rings. The molecule has 23 heavy (non-hydrogen) atoms. The first-order chi connectivity index (χ1) is 10.7. The largest absolute Gasteiger partial charge is 1.00 e. The average molecular weight is 370 g/mol. The van der Waals surface area contributed by atoms with Crippen molar-refractivity contribution in [3.63, 3.8) is 0 Å². The third kappa shape index (κ3) is 4.27. The highest BCUT2D eigenvalue weighted by Gasteiger charge is 2.12.